The van der Waals surface area contributed by atoms with Crippen LogP contribution in [0.15, 0.2) is 56.7 Å². The molecule has 0 bridgehead atoms. The van der Waals surface area contributed by atoms with Crippen molar-refractivity contribution in [2.24, 2.45) is 0 Å². The van der Waals surface area contributed by atoms with Gasteiger partial charge in [0.1, 0.15) is 4.90 Å². The molecule has 2 rings (SSSR count). The van der Waals surface area contributed by atoms with E-state index in [9.17, 15) is 16.8 Å². The Balaban J connectivity index is 2.50. The molecule has 22 heavy (non-hydrogen) atoms. The molecule has 0 aromatic heterocycles. The highest BCUT2D eigenvalue weighted by Crippen LogP contribution is 2.27. The average Bonchev–Trinajstić information content (AvgIpc) is 2.36. The summed E-state index contributed by atoms with van der Waals surface area (Å²) < 4.78 is 51.0. The van der Waals surface area contributed by atoms with Crippen molar-refractivity contribution >= 4 is 53.1 Å². The molecule has 2 aromatic rings. The summed E-state index contributed by atoms with van der Waals surface area (Å²) in [6.07, 6.45) is 0.994. The summed E-state index contributed by atoms with van der Waals surface area (Å²) >= 11 is 9.14. The number of sulfone groups is 1. The fraction of sp³-hybridized carbons (Fsp3) is 0.0769. The van der Waals surface area contributed by atoms with Crippen LogP contribution in [0.2, 0.25) is 5.02 Å². The van der Waals surface area contributed by atoms with Gasteiger partial charge in [0.05, 0.1) is 9.92 Å². The van der Waals surface area contributed by atoms with Crippen LogP contribution < -0.4 is 4.72 Å². The van der Waals surface area contributed by atoms with Crippen molar-refractivity contribution in [1.82, 2.24) is 0 Å². The topological polar surface area (TPSA) is 80.3 Å². The molecule has 0 aliphatic heterocycles. The molecule has 0 radical (unpaired) electrons. The average molecular weight is 425 g/mol. The molecule has 118 valence electrons. The number of nitrogens with one attached hydrogen (secondary N) is 1. The lowest BCUT2D eigenvalue weighted by molar-refractivity contribution is 0.600. The smallest absolute Gasteiger partial charge is 0.263 e. The Kier molecular flexibility index (Phi) is 4.86. The number of benzene rings is 2. The predicted molar refractivity (Wildman–Crippen MR) is 89.5 cm³/mol. The van der Waals surface area contributed by atoms with E-state index in [4.69, 9.17) is 11.6 Å². The summed E-state index contributed by atoms with van der Waals surface area (Å²) in [4.78, 5) is -0.413. The Hall–Kier alpha value is -1.09. The highest BCUT2D eigenvalue weighted by Gasteiger charge is 2.21. The van der Waals surface area contributed by atoms with Crippen molar-refractivity contribution in [2.75, 3.05) is 11.0 Å². The van der Waals surface area contributed by atoms with Crippen LogP contribution in [-0.2, 0) is 19.9 Å². The largest absolute Gasteiger partial charge is 0.280 e. The lowest BCUT2D eigenvalue weighted by Gasteiger charge is -2.11. The second-order valence-corrected chi connectivity index (χ2v) is 9.47. The van der Waals surface area contributed by atoms with Crippen molar-refractivity contribution in [1.29, 1.82) is 0 Å². The van der Waals surface area contributed by atoms with Crippen LogP contribution in [0.4, 0.5) is 5.69 Å². The summed E-state index contributed by atoms with van der Waals surface area (Å²) in [5.41, 5.74) is 0.329. The molecule has 0 aliphatic carbocycles. The Morgan fingerprint density at radius 2 is 1.73 bits per heavy atom. The van der Waals surface area contributed by atoms with Crippen LogP contribution in [0.5, 0.6) is 0 Å². The summed E-state index contributed by atoms with van der Waals surface area (Å²) in [5, 5.41) is -0.0603. The molecule has 0 fully saturated rings. The van der Waals surface area contributed by atoms with Gasteiger partial charge in [-0.1, -0.05) is 33.6 Å². The molecule has 0 unspecified atom stereocenters. The number of hydrogen-bond donors (Lipinski definition) is 1. The molecule has 0 heterocycles. The monoisotopic (exact) mass is 423 g/mol. The molecule has 0 aliphatic rings. The van der Waals surface area contributed by atoms with Gasteiger partial charge in [-0.25, -0.2) is 16.8 Å². The van der Waals surface area contributed by atoms with Gasteiger partial charge in [-0.2, -0.15) is 0 Å². The molecule has 1 N–H and O–H groups in total. The van der Waals surface area contributed by atoms with Gasteiger partial charge in [-0.05, 0) is 36.4 Å². The van der Waals surface area contributed by atoms with E-state index in [2.05, 4.69) is 20.7 Å². The zero-order chi connectivity index (χ0) is 16.5. The molecule has 0 saturated heterocycles. The minimum atomic E-state index is -4.01. The fourth-order valence-electron chi connectivity index (χ4n) is 1.68. The Labute approximate surface area is 142 Å². The maximum absolute atomic E-state index is 12.4. The summed E-state index contributed by atoms with van der Waals surface area (Å²) in [7, 11) is -7.55. The first-order chi connectivity index (χ1) is 10.1. The lowest BCUT2D eigenvalue weighted by atomic mass is 10.3. The molecule has 0 spiro atoms. The van der Waals surface area contributed by atoms with Crippen LogP contribution in [0.1, 0.15) is 0 Å². The summed E-state index contributed by atoms with van der Waals surface area (Å²) in [6, 6.07) is 10.1. The first-order valence-electron chi connectivity index (χ1n) is 5.87. The quantitative estimate of drug-likeness (QED) is 0.816. The minimum absolute atomic E-state index is 0.0603. The SMILES string of the molecule is CS(=O)(=O)c1ccc(Cl)c(S(=O)(=O)Nc2cccc(Br)c2)c1. The van der Waals surface area contributed by atoms with E-state index in [1.165, 1.54) is 12.1 Å². The third-order valence-electron chi connectivity index (χ3n) is 2.70. The number of anilines is 1. The number of sulfonamides is 1. The maximum Gasteiger partial charge on any atom is 0.263 e. The second-order valence-electron chi connectivity index (χ2n) is 4.48. The maximum atomic E-state index is 12.4. The molecular formula is C13H11BrClNO4S2. The Morgan fingerprint density at radius 1 is 1.05 bits per heavy atom. The summed E-state index contributed by atoms with van der Waals surface area (Å²) in [5.74, 6) is 0. The van der Waals surface area contributed by atoms with E-state index < -0.39 is 19.9 Å². The van der Waals surface area contributed by atoms with Gasteiger partial charge in [0.15, 0.2) is 9.84 Å². The molecule has 0 saturated carbocycles. The predicted octanol–water partition coefficient (Wildman–Crippen LogP) is 3.31. The van der Waals surface area contributed by atoms with E-state index in [0.717, 1.165) is 12.3 Å². The van der Waals surface area contributed by atoms with Crippen LogP contribution >= 0.6 is 27.5 Å². The second kappa shape index (κ2) is 6.19. The van der Waals surface area contributed by atoms with E-state index in [1.54, 1.807) is 24.3 Å². The zero-order valence-corrected chi connectivity index (χ0v) is 15.2. The highest BCUT2D eigenvalue weighted by atomic mass is 79.9. The molecule has 9 heteroatoms. The van der Waals surface area contributed by atoms with Crippen LogP contribution in [0.25, 0.3) is 0 Å². The van der Waals surface area contributed by atoms with Crippen LogP contribution in [-0.4, -0.2) is 23.1 Å². The first kappa shape index (κ1) is 17.3. The molecule has 2 aromatic carbocycles. The number of halogens is 2. The van der Waals surface area contributed by atoms with Crippen molar-refractivity contribution in [2.45, 2.75) is 9.79 Å². The third kappa shape index (κ3) is 4.01. The van der Waals surface area contributed by atoms with Gasteiger partial charge < -0.3 is 0 Å². The van der Waals surface area contributed by atoms with E-state index in [1.807, 2.05) is 0 Å². The minimum Gasteiger partial charge on any atom is -0.280 e. The van der Waals surface area contributed by atoms with Gasteiger partial charge in [0.2, 0.25) is 0 Å². The first-order valence-corrected chi connectivity index (χ1v) is 10.4. The van der Waals surface area contributed by atoms with E-state index in [-0.39, 0.29) is 14.8 Å². The molecule has 0 atom stereocenters. The molecule has 0 amide bonds. The third-order valence-corrected chi connectivity index (χ3v) is 6.16. The van der Waals surface area contributed by atoms with Crippen molar-refractivity contribution in [3.05, 3.63) is 52.0 Å². The van der Waals surface area contributed by atoms with Crippen molar-refractivity contribution < 1.29 is 16.8 Å². The van der Waals surface area contributed by atoms with Gasteiger partial charge in [0, 0.05) is 16.4 Å². The Morgan fingerprint density at radius 3 is 2.32 bits per heavy atom. The number of rotatable bonds is 4. The van der Waals surface area contributed by atoms with Gasteiger partial charge in [0.25, 0.3) is 10.0 Å². The van der Waals surface area contributed by atoms with Crippen molar-refractivity contribution in [3.63, 3.8) is 0 Å². The summed E-state index contributed by atoms with van der Waals surface area (Å²) in [6.45, 7) is 0. The van der Waals surface area contributed by atoms with Gasteiger partial charge in [-0.3, -0.25) is 4.72 Å². The fourth-order valence-corrected chi connectivity index (χ4v) is 4.38. The highest BCUT2D eigenvalue weighted by molar-refractivity contribution is 9.10. The molecular weight excluding hydrogens is 414 g/mol. The lowest BCUT2D eigenvalue weighted by Crippen LogP contribution is -2.14. The van der Waals surface area contributed by atoms with Crippen molar-refractivity contribution in [3.8, 4) is 0 Å². The number of hydrogen-bond acceptors (Lipinski definition) is 4. The van der Waals surface area contributed by atoms with Gasteiger partial charge in [-0.15, -0.1) is 0 Å². The standard InChI is InChI=1S/C13H11BrClNO4S2/c1-21(17,18)11-5-6-12(15)13(8-11)22(19,20)16-10-4-2-3-9(14)7-10/h2-8,16H,1H3. The Bertz CT molecular complexity index is 927. The molecule has 5 nitrogen and oxygen atoms in total. The normalized spacial score (nSPS) is 12.1. The zero-order valence-electron chi connectivity index (χ0n) is 11.2. The van der Waals surface area contributed by atoms with E-state index >= 15 is 0 Å². The van der Waals surface area contributed by atoms with E-state index in [0.29, 0.717) is 10.2 Å². The van der Waals surface area contributed by atoms with Crippen LogP contribution in [0, 0.1) is 0 Å². The van der Waals surface area contributed by atoms with Gasteiger partial charge >= 0.3 is 0 Å². The van der Waals surface area contributed by atoms with Crippen LogP contribution in [0.3, 0.4) is 0 Å².